The van der Waals surface area contributed by atoms with Crippen molar-refractivity contribution in [2.24, 2.45) is 0 Å². The highest BCUT2D eigenvalue weighted by Crippen LogP contribution is 1.95. The molecule has 80 valence electrons. The minimum absolute atomic E-state index is 0.456. The van der Waals surface area contributed by atoms with E-state index >= 15 is 0 Å². The van der Waals surface area contributed by atoms with Crippen LogP contribution in [0.15, 0.2) is 24.4 Å². The molecule has 0 N–H and O–H groups in total. The Labute approximate surface area is 90.4 Å². The molecule has 0 amide bonds. The highest BCUT2D eigenvalue weighted by Gasteiger charge is 2.01. The molecule has 0 fully saturated rings. The van der Waals surface area contributed by atoms with E-state index < -0.39 is 6.29 Å². The largest absolute Gasteiger partial charge is 0.342 e. The molecule has 1 aromatic heterocycles. The topological polar surface area (TPSA) is 31.4 Å². The second kappa shape index (κ2) is 6.99. The molecule has 1 heterocycles. The molecule has 0 saturated carbocycles. The normalized spacial score (nSPS) is 9.80. The van der Waals surface area contributed by atoms with E-state index in [4.69, 9.17) is 9.47 Å². The molecule has 0 atom stereocenters. The first-order chi connectivity index (χ1) is 7.36. The molecule has 0 radical (unpaired) electrons. The SMILES string of the molecule is CCOC(C#Cc1ccccn1)OCC. The maximum Gasteiger partial charge on any atom is 0.222 e. The molecule has 0 aliphatic carbocycles. The van der Waals surface area contributed by atoms with E-state index in [0.29, 0.717) is 13.2 Å². The van der Waals surface area contributed by atoms with E-state index in [2.05, 4.69) is 16.8 Å². The zero-order valence-corrected chi connectivity index (χ0v) is 9.06. The van der Waals surface area contributed by atoms with Crippen LogP contribution in [-0.2, 0) is 9.47 Å². The maximum absolute atomic E-state index is 5.28. The van der Waals surface area contributed by atoms with E-state index in [-0.39, 0.29) is 0 Å². The molecule has 0 bridgehead atoms. The fourth-order valence-electron chi connectivity index (χ4n) is 1.00. The Morgan fingerprint density at radius 1 is 1.27 bits per heavy atom. The molecule has 0 spiro atoms. The van der Waals surface area contributed by atoms with Crippen molar-refractivity contribution in [3.63, 3.8) is 0 Å². The van der Waals surface area contributed by atoms with Gasteiger partial charge < -0.3 is 9.47 Å². The summed E-state index contributed by atoms with van der Waals surface area (Å²) in [5.74, 6) is 5.78. The first kappa shape index (κ1) is 11.7. The summed E-state index contributed by atoms with van der Waals surface area (Å²) in [6, 6.07) is 5.60. The van der Waals surface area contributed by atoms with Crippen molar-refractivity contribution in [3.8, 4) is 11.8 Å². The quantitative estimate of drug-likeness (QED) is 0.555. The predicted molar refractivity (Wildman–Crippen MR) is 58.2 cm³/mol. The summed E-state index contributed by atoms with van der Waals surface area (Å²) in [6.07, 6.45) is 1.25. The van der Waals surface area contributed by atoms with Gasteiger partial charge >= 0.3 is 0 Å². The molecule has 0 unspecified atom stereocenters. The fourth-order valence-corrected chi connectivity index (χ4v) is 1.00. The Hall–Kier alpha value is -1.37. The summed E-state index contributed by atoms with van der Waals surface area (Å²) in [5, 5.41) is 0. The van der Waals surface area contributed by atoms with Gasteiger partial charge in [0.2, 0.25) is 6.29 Å². The van der Waals surface area contributed by atoms with Gasteiger partial charge in [0.05, 0.1) is 0 Å². The number of rotatable bonds is 4. The Balaban J connectivity index is 2.60. The highest BCUT2D eigenvalue weighted by atomic mass is 16.7. The van der Waals surface area contributed by atoms with Gasteiger partial charge in [0.25, 0.3) is 0 Å². The Kier molecular flexibility index (Phi) is 5.46. The molecule has 0 saturated heterocycles. The third-order valence-electron chi connectivity index (χ3n) is 1.62. The Bertz CT molecular complexity index is 320. The fraction of sp³-hybridized carbons (Fsp3) is 0.417. The Morgan fingerprint density at radius 2 is 2.00 bits per heavy atom. The lowest BCUT2D eigenvalue weighted by Crippen LogP contribution is -2.14. The van der Waals surface area contributed by atoms with Crippen molar-refractivity contribution in [2.45, 2.75) is 20.1 Å². The zero-order valence-electron chi connectivity index (χ0n) is 9.06. The molecule has 0 aliphatic rings. The van der Waals surface area contributed by atoms with E-state index in [1.165, 1.54) is 0 Å². The summed E-state index contributed by atoms with van der Waals surface area (Å²) in [7, 11) is 0. The first-order valence-corrected chi connectivity index (χ1v) is 5.02. The summed E-state index contributed by atoms with van der Waals surface area (Å²) in [5.41, 5.74) is 0.724. The van der Waals surface area contributed by atoms with Gasteiger partial charge in [0.15, 0.2) is 0 Å². The molecule has 1 rings (SSSR count). The number of pyridine rings is 1. The van der Waals surface area contributed by atoms with Crippen LogP contribution in [0.5, 0.6) is 0 Å². The molecular formula is C12H15NO2. The minimum atomic E-state index is -0.456. The van der Waals surface area contributed by atoms with Crippen molar-refractivity contribution >= 4 is 0 Å². The van der Waals surface area contributed by atoms with Gasteiger partial charge in [-0.05, 0) is 37.8 Å². The third-order valence-corrected chi connectivity index (χ3v) is 1.62. The van der Waals surface area contributed by atoms with Gasteiger partial charge in [-0.2, -0.15) is 0 Å². The van der Waals surface area contributed by atoms with E-state index in [1.54, 1.807) is 6.20 Å². The van der Waals surface area contributed by atoms with Crippen molar-refractivity contribution in [1.82, 2.24) is 4.98 Å². The van der Waals surface area contributed by atoms with Gasteiger partial charge in [-0.25, -0.2) is 4.98 Å². The predicted octanol–water partition coefficient (Wildman–Crippen LogP) is 1.83. The number of aromatic nitrogens is 1. The van der Waals surface area contributed by atoms with Crippen LogP contribution in [0.4, 0.5) is 0 Å². The summed E-state index contributed by atoms with van der Waals surface area (Å²) in [4.78, 5) is 4.09. The average Bonchev–Trinajstić information content (AvgIpc) is 2.28. The van der Waals surface area contributed by atoms with Crippen LogP contribution in [0, 0.1) is 11.8 Å². The van der Waals surface area contributed by atoms with Gasteiger partial charge in [0.1, 0.15) is 5.69 Å². The molecule has 3 nitrogen and oxygen atoms in total. The average molecular weight is 205 g/mol. The smallest absolute Gasteiger partial charge is 0.222 e. The monoisotopic (exact) mass is 205 g/mol. The Morgan fingerprint density at radius 3 is 2.53 bits per heavy atom. The number of hydrogen-bond donors (Lipinski definition) is 0. The second-order valence-corrected chi connectivity index (χ2v) is 2.73. The minimum Gasteiger partial charge on any atom is -0.342 e. The van der Waals surface area contributed by atoms with Crippen LogP contribution in [0.3, 0.4) is 0 Å². The van der Waals surface area contributed by atoms with Gasteiger partial charge in [-0.1, -0.05) is 6.07 Å². The maximum atomic E-state index is 5.28. The number of hydrogen-bond acceptors (Lipinski definition) is 3. The van der Waals surface area contributed by atoms with Crippen molar-refractivity contribution in [2.75, 3.05) is 13.2 Å². The zero-order chi connectivity index (χ0) is 10.9. The number of nitrogens with zero attached hydrogens (tertiary/aromatic N) is 1. The van der Waals surface area contributed by atoms with Crippen LogP contribution in [0.25, 0.3) is 0 Å². The van der Waals surface area contributed by atoms with Crippen molar-refractivity contribution in [1.29, 1.82) is 0 Å². The number of ether oxygens (including phenoxy) is 2. The molecule has 0 aromatic carbocycles. The van der Waals surface area contributed by atoms with Gasteiger partial charge in [0, 0.05) is 19.4 Å². The first-order valence-electron chi connectivity index (χ1n) is 5.02. The third kappa shape index (κ3) is 4.59. The lowest BCUT2D eigenvalue weighted by Gasteiger charge is -2.09. The van der Waals surface area contributed by atoms with E-state index in [1.807, 2.05) is 32.0 Å². The van der Waals surface area contributed by atoms with Crippen LogP contribution in [0.2, 0.25) is 0 Å². The highest BCUT2D eigenvalue weighted by molar-refractivity contribution is 5.27. The van der Waals surface area contributed by atoms with Crippen LogP contribution in [0.1, 0.15) is 19.5 Å². The van der Waals surface area contributed by atoms with Gasteiger partial charge in [-0.3, -0.25) is 0 Å². The molecule has 0 aliphatic heterocycles. The summed E-state index contributed by atoms with van der Waals surface area (Å²) in [6.45, 7) is 4.99. The lowest BCUT2D eigenvalue weighted by molar-refractivity contribution is -0.0969. The van der Waals surface area contributed by atoms with Crippen LogP contribution in [-0.4, -0.2) is 24.5 Å². The van der Waals surface area contributed by atoms with Crippen molar-refractivity contribution in [3.05, 3.63) is 30.1 Å². The van der Waals surface area contributed by atoms with E-state index in [0.717, 1.165) is 5.69 Å². The van der Waals surface area contributed by atoms with Crippen LogP contribution >= 0.6 is 0 Å². The second-order valence-electron chi connectivity index (χ2n) is 2.73. The standard InChI is InChI=1S/C12H15NO2/c1-3-14-12(15-4-2)9-8-11-7-5-6-10-13-11/h5-7,10,12H,3-4H2,1-2H3. The summed E-state index contributed by atoms with van der Waals surface area (Å²) >= 11 is 0. The van der Waals surface area contributed by atoms with E-state index in [9.17, 15) is 0 Å². The molecule has 1 aromatic rings. The van der Waals surface area contributed by atoms with Gasteiger partial charge in [-0.15, -0.1) is 0 Å². The van der Waals surface area contributed by atoms with Crippen LogP contribution < -0.4 is 0 Å². The molecular weight excluding hydrogens is 190 g/mol. The molecule has 3 heteroatoms. The van der Waals surface area contributed by atoms with Crippen molar-refractivity contribution < 1.29 is 9.47 Å². The summed E-state index contributed by atoms with van der Waals surface area (Å²) < 4.78 is 10.6. The molecule has 15 heavy (non-hydrogen) atoms. The lowest BCUT2D eigenvalue weighted by atomic mass is 10.3.